The van der Waals surface area contributed by atoms with E-state index in [9.17, 15) is 4.39 Å². The second-order valence-corrected chi connectivity index (χ2v) is 3.12. The molecule has 5 nitrogen and oxygen atoms in total. The van der Waals surface area contributed by atoms with Gasteiger partial charge in [-0.3, -0.25) is 0 Å². The maximum absolute atomic E-state index is 13.9. The van der Waals surface area contributed by atoms with Gasteiger partial charge in [-0.1, -0.05) is 0 Å². The summed E-state index contributed by atoms with van der Waals surface area (Å²) in [5.74, 6) is -0.290. The normalized spacial score (nSPS) is 10.4. The number of hydrogen-bond acceptors (Lipinski definition) is 4. The van der Waals surface area contributed by atoms with E-state index in [4.69, 9.17) is 10.5 Å². The molecule has 1 aromatic heterocycles. The SMILES string of the molecule is COc1ccc(-n2cncn2)c(CN)c1F. The molecular weight excluding hydrogens is 211 g/mol. The number of ether oxygens (including phenoxy) is 1. The first-order chi connectivity index (χ1) is 7.77. The van der Waals surface area contributed by atoms with Crippen LogP contribution in [0.4, 0.5) is 4.39 Å². The number of halogens is 1. The molecule has 0 aliphatic rings. The van der Waals surface area contributed by atoms with Gasteiger partial charge in [0.2, 0.25) is 0 Å². The lowest BCUT2D eigenvalue weighted by Gasteiger charge is -2.11. The van der Waals surface area contributed by atoms with Crippen molar-refractivity contribution in [1.29, 1.82) is 0 Å². The molecule has 0 bridgehead atoms. The van der Waals surface area contributed by atoms with Crippen LogP contribution in [0.2, 0.25) is 0 Å². The number of nitrogens with zero attached hydrogens (tertiary/aromatic N) is 3. The summed E-state index contributed by atoms with van der Waals surface area (Å²) in [4.78, 5) is 3.80. The Kier molecular flexibility index (Phi) is 2.82. The van der Waals surface area contributed by atoms with E-state index in [1.807, 2.05) is 0 Å². The smallest absolute Gasteiger partial charge is 0.171 e. The van der Waals surface area contributed by atoms with E-state index >= 15 is 0 Å². The van der Waals surface area contributed by atoms with E-state index < -0.39 is 5.82 Å². The maximum atomic E-state index is 13.9. The summed E-state index contributed by atoms with van der Waals surface area (Å²) >= 11 is 0. The van der Waals surface area contributed by atoms with E-state index in [1.54, 1.807) is 6.07 Å². The van der Waals surface area contributed by atoms with Gasteiger partial charge >= 0.3 is 0 Å². The van der Waals surface area contributed by atoms with Crippen LogP contribution in [0.5, 0.6) is 5.75 Å². The fraction of sp³-hybridized carbons (Fsp3) is 0.200. The van der Waals surface area contributed by atoms with Crippen molar-refractivity contribution in [3.8, 4) is 11.4 Å². The second-order valence-electron chi connectivity index (χ2n) is 3.12. The monoisotopic (exact) mass is 222 g/mol. The van der Waals surface area contributed by atoms with Gasteiger partial charge in [-0.15, -0.1) is 0 Å². The molecule has 0 unspecified atom stereocenters. The molecule has 0 radical (unpaired) electrons. The van der Waals surface area contributed by atoms with E-state index in [0.717, 1.165) is 0 Å². The molecule has 6 heteroatoms. The van der Waals surface area contributed by atoms with Gasteiger partial charge in [0.25, 0.3) is 0 Å². The molecule has 1 aromatic carbocycles. The number of rotatable bonds is 3. The quantitative estimate of drug-likeness (QED) is 0.837. The molecule has 2 rings (SSSR count). The Morgan fingerprint density at radius 1 is 1.50 bits per heavy atom. The average Bonchev–Trinajstić information content (AvgIpc) is 2.82. The summed E-state index contributed by atoms with van der Waals surface area (Å²) < 4.78 is 20.2. The van der Waals surface area contributed by atoms with Crippen LogP contribution in [-0.4, -0.2) is 21.9 Å². The van der Waals surface area contributed by atoms with Crippen LogP contribution in [0.15, 0.2) is 24.8 Å². The van der Waals surface area contributed by atoms with Crippen molar-refractivity contribution in [2.24, 2.45) is 5.73 Å². The highest BCUT2D eigenvalue weighted by Gasteiger charge is 2.14. The van der Waals surface area contributed by atoms with Gasteiger partial charge in [-0.05, 0) is 12.1 Å². The van der Waals surface area contributed by atoms with Crippen LogP contribution in [0, 0.1) is 5.82 Å². The number of methoxy groups -OCH3 is 1. The Morgan fingerprint density at radius 2 is 2.31 bits per heavy atom. The average molecular weight is 222 g/mol. The Bertz CT molecular complexity index is 484. The van der Waals surface area contributed by atoms with Gasteiger partial charge in [0, 0.05) is 12.1 Å². The summed E-state index contributed by atoms with van der Waals surface area (Å²) in [6.45, 7) is 0.0677. The first kappa shape index (κ1) is 10.6. The van der Waals surface area contributed by atoms with E-state index in [2.05, 4.69) is 10.1 Å². The molecule has 0 spiro atoms. The first-order valence-corrected chi connectivity index (χ1v) is 4.68. The predicted molar refractivity (Wildman–Crippen MR) is 55.8 cm³/mol. The van der Waals surface area contributed by atoms with Crippen LogP contribution in [0.25, 0.3) is 5.69 Å². The van der Waals surface area contributed by atoms with Crippen molar-refractivity contribution in [2.45, 2.75) is 6.54 Å². The predicted octanol–water partition coefficient (Wildman–Crippen LogP) is 0.874. The summed E-state index contributed by atoms with van der Waals surface area (Å²) in [5, 5.41) is 3.93. The van der Waals surface area contributed by atoms with Crippen LogP contribution < -0.4 is 10.5 Å². The highest BCUT2D eigenvalue weighted by Crippen LogP contribution is 2.25. The third-order valence-electron chi connectivity index (χ3n) is 2.27. The first-order valence-electron chi connectivity index (χ1n) is 4.68. The Labute approximate surface area is 91.7 Å². The number of benzene rings is 1. The van der Waals surface area contributed by atoms with Gasteiger partial charge in [-0.2, -0.15) is 5.10 Å². The molecule has 0 fully saturated rings. The largest absolute Gasteiger partial charge is 0.494 e. The number of hydrogen-bond donors (Lipinski definition) is 1. The molecule has 2 N–H and O–H groups in total. The molecule has 84 valence electrons. The molecule has 16 heavy (non-hydrogen) atoms. The summed E-state index contributed by atoms with van der Waals surface area (Å²) in [5.41, 5.74) is 6.44. The Balaban J connectivity index is 2.59. The minimum Gasteiger partial charge on any atom is -0.494 e. The van der Waals surface area contributed by atoms with Gasteiger partial charge in [0.15, 0.2) is 11.6 Å². The minimum absolute atomic E-state index is 0.0677. The zero-order valence-corrected chi connectivity index (χ0v) is 8.72. The van der Waals surface area contributed by atoms with Crippen LogP contribution >= 0.6 is 0 Å². The highest BCUT2D eigenvalue weighted by molar-refractivity contribution is 5.46. The highest BCUT2D eigenvalue weighted by atomic mass is 19.1. The van der Waals surface area contributed by atoms with Crippen molar-refractivity contribution >= 4 is 0 Å². The fourth-order valence-corrected chi connectivity index (χ4v) is 1.49. The molecule has 0 atom stereocenters. The summed E-state index contributed by atoms with van der Waals surface area (Å²) in [6, 6.07) is 3.23. The van der Waals surface area contributed by atoms with E-state index in [1.165, 1.54) is 30.5 Å². The molecule has 0 aliphatic heterocycles. The molecular formula is C10H11FN4O. The van der Waals surface area contributed by atoms with Crippen LogP contribution in [0.3, 0.4) is 0 Å². The van der Waals surface area contributed by atoms with Crippen molar-refractivity contribution in [3.05, 3.63) is 36.2 Å². The molecule has 1 heterocycles. The molecule has 2 aromatic rings. The molecule has 0 saturated carbocycles. The van der Waals surface area contributed by atoms with Gasteiger partial charge < -0.3 is 10.5 Å². The fourth-order valence-electron chi connectivity index (χ4n) is 1.49. The Hall–Kier alpha value is -1.95. The number of aromatic nitrogens is 3. The minimum atomic E-state index is -0.460. The maximum Gasteiger partial charge on any atom is 0.171 e. The molecule has 0 saturated heterocycles. The van der Waals surface area contributed by atoms with Gasteiger partial charge in [-0.25, -0.2) is 14.1 Å². The van der Waals surface area contributed by atoms with E-state index in [0.29, 0.717) is 11.3 Å². The molecule has 0 amide bonds. The lowest BCUT2D eigenvalue weighted by atomic mass is 10.1. The summed E-state index contributed by atoms with van der Waals surface area (Å²) in [7, 11) is 1.41. The molecule has 0 aliphatic carbocycles. The second kappa shape index (κ2) is 4.28. The summed E-state index contributed by atoms with van der Waals surface area (Å²) in [6.07, 6.45) is 2.86. The third kappa shape index (κ3) is 1.63. The third-order valence-corrected chi connectivity index (χ3v) is 2.27. The number of nitrogens with two attached hydrogens (primary N) is 1. The lowest BCUT2D eigenvalue weighted by Crippen LogP contribution is -2.08. The van der Waals surface area contributed by atoms with Crippen LogP contribution in [-0.2, 0) is 6.54 Å². The zero-order valence-electron chi connectivity index (χ0n) is 8.72. The Morgan fingerprint density at radius 3 is 2.88 bits per heavy atom. The van der Waals surface area contributed by atoms with Crippen molar-refractivity contribution < 1.29 is 9.13 Å². The topological polar surface area (TPSA) is 66.0 Å². The standard InChI is InChI=1S/C10H11FN4O/c1-16-9-3-2-8(7(4-12)10(9)11)15-6-13-5-14-15/h2-3,5-6H,4,12H2,1H3. The van der Waals surface area contributed by atoms with Gasteiger partial charge in [0.05, 0.1) is 12.8 Å². The van der Waals surface area contributed by atoms with Crippen molar-refractivity contribution in [2.75, 3.05) is 7.11 Å². The van der Waals surface area contributed by atoms with Crippen molar-refractivity contribution in [3.63, 3.8) is 0 Å². The van der Waals surface area contributed by atoms with Crippen LogP contribution in [0.1, 0.15) is 5.56 Å². The lowest BCUT2D eigenvalue weighted by molar-refractivity contribution is 0.384. The van der Waals surface area contributed by atoms with Crippen molar-refractivity contribution in [1.82, 2.24) is 14.8 Å². The van der Waals surface area contributed by atoms with Gasteiger partial charge in [0.1, 0.15) is 12.7 Å². The van der Waals surface area contributed by atoms with E-state index in [-0.39, 0.29) is 12.3 Å². The zero-order chi connectivity index (χ0) is 11.5.